The molecule has 1 aliphatic rings. The van der Waals surface area contributed by atoms with Crippen LogP contribution >= 0.6 is 47.1 Å². The van der Waals surface area contributed by atoms with Gasteiger partial charge in [-0.3, -0.25) is 0 Å². The van der Waals surface area contributed by atoms with Gasteiger partial charge in [-0.05, 0) is 32.4 Å². The number of aliphatic imine (C=N–C) groups is 1. The molecular weight excluding hydrogens is 441 g/mol. The largest absolute Gasteiger partial charge is 0.357 e. The second kappa shape index (κ2) is 10.6. The van der Waals surface area contributed by atoms with Gasteiger partial charge in [-0.1, -0.05) is 0 Å². The molecule has 1 fully saturated rings. The normalized spacial score (nSPS) is 21.0. The minimum atomic E-state index is 0. The number of thioether (sulfide) groups is 1. The monoisotopic (exact) mass is 469 g/mol. The highest BCUT2D eigenvalue weighted by Crippen LogP contribution is 2.28. The Labute approximate surface area is 165 Å². The van der Waals surface area contributed by atoms with Crippen LogP contribution in [0.1, 0.15) is 31.9 Å². The minimum Gasteiger partial charge on any atom is -0.357 e. The average Bonchev–Trinajstić information content (AvgIpc) is 3.14. The van der Waals surface area contributed by atoms with E-state index in [1.807, 2.05) is 30.8 Å². The van der Waals surface area contributed by atoms with Crippen LogP contribution in [0.15, 0.2) is 10.4 Å². The standard InChI is InChI=1S/C15H27N5S2.HI/c1-5-16-14(18-11-6-7-13(8-11)21-4)17-9-12-10-22-15(19-12)20(2)3;/h10-11,13H,5-9H2,1-4H3,(H2,16,17,18);1H. The molecule has 0 bridgehead atoms. The van der Waals surface area contributed by atoms with Crippen molar-refractivity contribution in [2.24, 2.45) is 4.99 Å². The fraction of sp³-hybridized carbons (Fsp3) is 0.733. The van der Waals surface area contributed by atoms with Crippen LogP contribution in [-0.2, 0) is 6.54 Å². The van der Waals surface area contributed by atoms with Crippen molar-refractivity contribution in [3.8, 4) is 0 Å². The Morgan fingerprint density at radius 1 is 1.48 bits per heavy atom. The molecule has 5 nitrogen and oxygen atoms in total. The molecule has 8 heteroatoms. The average molecular weight is 469 g/mol. The number of nitrogens with one attached hydrogen (secondary N) is 2. The van der Waals surface area contributed by atoms with Gasteiger partial charge in [0, 0.05) is 37.3 Å². The lowest BCUT2D eigenvalue weighted by atomic mass is 10.2. The number of aromatic nitrogens is 1. The molecule has 1 heterocycles. The van der Waals surface area contributed by atoms with Crippen LogP contribution in [0.25, 0.3) is 0 Å². The summed E-state index contributed by atoms with van der Waals surface area (Å²) in [5.41, 5.74) is 1.03. The zero-order chi connectivity index (χ0) is 15.9. The Kier molecular flexibility index (Phi) is 9.60. The number of hydrogen-bond acceptors (Lipinski definition) is 5. The van der Waals surface area contributed by atoms with Crippen LogP contribution in [-0.4, -0.2) is 49.1 Å². The quantitative estimate of drug-likeness (QED) is 0.381. The molecule has 1 aromatic heterocycles. The van der Waals surface area contributed by atoms with Crippen molar-refractivity contribution in [2.45, 2.75) is 44.0 Å². The summed E-state index contributed by atoms with van der Waals surface area (Å²) in [4.78, 5) is 11.3. The van der Waals surface area contributed by atoms with Crippen molar-refractivity contribution in [1.29, 1.82) is 0 Å². The fourth-order valence-electron chi connectivity index (χ4n) is 2.53. The summed E-state index contributed by atoms with van der Waals surface area (Å²) < 4.78 is 0. The number of anilines is 1. The lowest BCUT2D eigenvalue weighted by Gasteiger charge is -2.17. The van der Waals surface area contributed by atoms with Gasteiger partial charge in [-0.25, -0.2) is 9.98 Å². The second-order valence-corrected chi connectivity index (χ2v) is 7.70. The van der Waals surface area contributed by atoms with Crippen molar-refractivity contribution in [3.05, 3.63) is 11.1 Å². The lowest BCUT2D eigenvalue weighted by Crippen LogP contribution is -2.42. The van der Waals surface area contributed by atoms with E-state index in [1.54, 1.807) is 11.3 Å². The molecule has 1 aliphatic carbocycles. The third kappa shape index (κ3) is 6.66. The molecule has 0 spiro atoms. The van der Waals surface area contributed by atoms with Gasteiger partial charge < -0.3 is 15.5 Å². The lowest BCUT2D eigenvalue weighted by molar-refractivity contribution is 0.615. The number of thiazole rings is 1. The smallest absolute Gasteiger partial charge is 0.191 e. The third-order valence-electron chi connectivity index (χ3n) is 3.72. The molecular formula is C15H28IN5S2. The van der Waals surface area contributed by atoms with Crippen molar-refractivity contribution in [1.82, 2.24) is 15.6 Å². The maximum atomic E-state index is 4.68. The molecule has 1 aromatic rings. The molecule has 2 rings (SSSR count). The van der Waals surface area contributed by atoms with E-state index in [0.29, 0.717) is 12.6 Å². The van der Waals surface area contributed by atoms with Crippen molar-refractivity contribution in [2.75, 3.05) is 31.8 Å². The maximum absolute atomic E-state index is 4.68. The van der Waals surface area contributed by atoms with Gasteiger partial charge >= 0.3 is 0 Å². The molecule has 0 aromatic carbocycles. The molecule has 2 N–H and O–H groups in total. The predicted molar refractivity (Wildman–Crippen MR) is 115 cm³/mol. The molecule has 0 amide bonds. The minimum absolute atomic E-state index is 0. The van der Waals surface area contributed by atoms with Gasteiger partial charge in [0.05, 0.1) is 12.2 Å². The molecule has 0 saturated heterocycles. The number of hydrogen-bond donors (Lipinski definition) is 2. The summed E-state index contributed by atoms with van der Waals surface area (Å²) in [6, 6.07) is 0.544. The topological polar surface area (TPSA) is 52.6 Å². The number of rotatable bonds is 6. The third-order valence-corrected chi connectivity index (χ3v) is 5.88. The van der Waals surface area contributed by atoms with E-state index in [0.717, 1.165) is 28.6 Å². The van der Waals surface area contributed by atoms with Crippen LogP contribution in [0.3, 0.4) is 0 Å². The summed E-state index contributed by atoms with van der Waals surface area (Å²) in [7, 11) is 4.03. The molecule has 2 atom stereocenters. The predicted octanol–water partition coefficient (Wildman–Crippen LogP) is 3.17. The van der Waals surface area contributed by atoms with E-state index in [-0.39, 0.29) is 24.0 Å². The Balaban J connectivity index is 0.00000264. The molecule has 0 aliphatic heterocycles. The van der Waals surface area contributed by atoms with E-state index < -0.39 is 0 Å². The van der Waals surface area contributed by atoms with Crippen LogP contribution in [0.2, 0.25) is 0 Å². The highest BCUT2D eigenvalue weighted by Gasteiger charge is 2.24. The maximum Gasteiger partial charge on any atom is 0.191 e. The van der Waals surface area contributed by atoms with Gasteiger partial charge in [0.15, 0.2) is 11.1 Å². The van der Waals surface area contributed by atoms with E-state index in [4.69, 9.17) is 0 Å². The van der Waals surface area contributed by atoms with Crippen LogP contribution in [0.4, 0.5) is 5.13 Å². The fourth-order valence-corrected chi connectivity index (χ4v) is 4.08. The number of nitrogens with zero attached hydrogens (tertiary/aromatic N) is 3. The second-order valence-electron chi connectivity index (χ2n) is 5.72. The summed E-state index contributed by atoms with van der Waals surface area (Å²) in [6.07, 6.45) is 5.97. The van der Waals surface area contributed by atoms with Crippen LogP contribution < -0.4 is 15.5 Å². The molecule has 0 radical (unpaired) electrons. The van der Waals surface area contributed by atoms with Gasteiger partial charge in [-0.15, -0.1) is 35.3 Å². The molecule has 1 saturated carbocycles. The molecule has 23 heavy (non-hydrogen) atoms. The van der Waals surface area contributed by atoms with Gasteiger partial charge in [0.1, 0.15) is 0 Å². The van der Waals surface area contributed by atoms with Crippen molar-refractivity contribution < 1.29 is 0 Å². The first-order chi connectivity index (χ1) is 10.6. The van der Waals surface area contributed by atoms with E-state index in [1.165, 1.54) is 19.3 Å². The summed E-state index contributed by atoms with van der Waals surface area (Å²) in [6.45, 7) is 3.60. The van der Waals surface area contributed by atoms with Crippen LogP contribution in [0.5, 0.6) is 0 Å². The summed E-state index contributed by atoms with van der Waals surface area (Å²) in [5.74, 6) is 0.911. The zero-order valence-corrected chi connectivity index (χ0v) is 18.3. The first-order valence-electron chi connectivity index (χ1n) is 7.81. The van der Waals surface area contributed by atoms with Gasteiger partial charge in [-0.2, -0.15) is 11.8 Å². The first-order valence-corrected chi connectivity index (χ1v) is 9.98. The SMILES string of the molecule is CCNC(=NCc1csc(N(C)C)n1)NC1CCC(SC)C1.I. The summed E-state index contributed by atoms with van der Waals surface area (Å²) in [5, 5.41) is 10.8. The van der Waals surface area contributed by atoms with Crippen molar-refractivity contribution >= 4 is 58.2 Å². The number of guanidine groups is 1. The van der Waals surface area contributed by atoms with Crippen molar-refractivity contribution in [3.63, 3.8) is 0 Å². The van der Waals surface area contributed by atoms with E-state index in [2.05, 4.69) is 39.2 Å². The zero-order valence-electron chi connectivity index (χ0n) is 14.3. The van der Waals surface area contributed by atoms with Crippen LogP contribution in [0, 0.1) is 0 Å². The Morgan fingerprint density at radius 2 is 2.26 bits per heavy atom. The van der Waals surface area contributed by atoms with Gasteiger partial charge in [0.2, 0.25) is 0 Å². The van der Waals surface area contributed by atoms with Gasteiger partial charge in [0.25, 0.3) is 0 Å². The highest BCUT2D eigenvalue weighted by molar-refractivity contribution is 14.0. The first kappa shape index (κ1) is 20.8. The Bertz CT molecular complexity index is 492. The highest BCUT2D eigenvalue weighted by atomic mass is 127. The number of halogens is 1. The van der Waals surface area contributed by atoms with E-state index in [9.17, 15) is 0 Å². The summed E-state index contributed by atoms with van der Waals surface area (Å²) >= 11 is 3.64. The van der Waals surface area contributed by atoms with E-state index >= 15 is 0 Å². The Hall–Kier alpha value is -0.220. The molecule has 2 unspecified atom stereocenters. The Morgan fingerprint density at radius 3 is 2.83 bits per heavy atom. The molecule has 132 valence electrons.